The molecule has 1 saturated heterocycles. The zero-order chi connectivity index (χ0) is 15.4. The molecule has 0 aromatic heterocycles. The first kappa shape index (κ1) is 16.6. The molecule has 1 N–H and O–H groups in total. The van der Waals surface area contributed by atoms with Gasteiger partial charge in [-0.3, -0.25) is 4.90 Å². The van der Waals surface area contributed by atoms with Crippen LogP contribution in [-0.4, -0.2) is 38.2 Å². The molecule has 0 amide bonds. The summed E-state index contributed by atoms with van der Waals surface area (Å²) in [4.78, 5) is 2.45. The van der Waals surface area contributed by atoms with Gasteiger partial charge in [0.1, 0.15) is 5.75 Å². The quantitative estimate of drug-likeness (QED) is 0.897. The maximum Gasteiger partial charge on any atom is 0.137 e. The lowest BCUT2D eigenvalue weighted by Gasteiger charge is -2.40. The predicted molar refractivity (Wildman–Crippen MR) is 89.2 cm³/mol. The molecule has 1 fully saturated rings. The third-order valence-electron chi connectivity index (χ3n) is 4.31. The molecule has 1 aromatic carbocycles. The lowest BCUT2D eigenvalue weighted by atomic mass is 9.84. The molecule has 0 spiro atoms. The van der Waals surface area contributed by atoms with Crippen molar-refractivity contribution in [2.45, 2.75) is 38.8 Å². The molecule has 2 atom stereocenters. The highest BCUT2D eigenvalue weighted by molar-refractivity contribution is 6.32. The summed E-state index contributed by atoms with van der Waals surface area (Å²) in [7, 11) is 3.87. The SMILES string of the molecule is COc1ccc(C2C(CNC(C)C)CCCN2C)cc1Cl. The highest BCUT2D eigenvalue weighted by Crippen LogP contribution is 2.37. The van der Waals surface area contributed by atoms with Crippen LogP contribution >= 0.6 is 11.6 Å². The van der Waals surface area contributed by atoms with E-state index >= 15 is 0 Å². The molecule has 118 valence electrons. The fourth-order valence-corrected chi connectivity index (χ4v) is 3.52. The predicted octanol–water partition coefficient (Wildman–Crippen LogP) is 3.73. The Balaban J connectivity index is 2.20. The van der Waals surface area contributed by atoms with Crippen molar-refractivity contribution in [2.24, 2.45) is 5.92 Å². The minimum absolute atomic E-state index is 0.424. The van der Waals surface area contributed by atoms with E-state index in [9.17, 15) is 0 Å². The van der Waals surface area contributed by atoms with Gasteiger partial charge in [0.05, 0.1) is 12.1 Å². The number of nitrogens with zero attached hydrogens (tertiary/aromatic N) is 1. The standard InChI is InChI=1S/C17H27ClN2O/c1-12(2)19-11-14-6-5-9-20(3)17(14)13-7-8-16(21-4)15(18)10-13/h7-8,10,12,14,17,19H,5-6,9,11H2,1-4H3. The van der Waals surface area contributed by atoms with Crippen LogP contribution < -0.4 is 10.1 Å². The molecule has 2 unspecified atom stereocenters. The molecule has 1 aliphatic rings. The Morgan fingerprint density at radius 3 is 2.81 bits per heavy atom. The first-order valence-corrected chi connectivity index (χ1v) is 8.17. The highest BCUT2D eigenvalue weighted by Gasteiger charge is 2.30. The van der Waals surface area contributed by atoms with Gasteiger partial charge in [-0.15, -0.1) is 0 Å². The summed E-state index contributed by atoms with van der Waals surface area (Å²) in [5.41, 5.74) is 1.29. The van der Waals surface area contributed by atoms with Crippen LogP contribution in [-0.2, 0) is 0 Å². The summed E-state index contributed by atoms with van der Waals surface area (Å²) in [6.45, 7) is 6.60. The van der Waals surface area contributed by atoms with Crippen LogP contribution in [0.2, 0.25) is 5.02 Å². The Hall–Kier alpha value is -0.770. The van der Waals surface area contributed by atoms with Gasteiger partial charge in [0.2, 0.25) is 0 Å². The van der Waals surface area contributed by atoms with Crippen molar-refractivity contribution in [1.82, 2.24) is 10.2 Å². The van der Waals surface area contributed by atoms with E-state index in [4.69, 9.17) is 16.3 Å². The fraction of sp³-hybridized carbons (Fsp3) is 0.647. The molecule has 21 heavy (non-hydrogen) atoms. The average Bonchev–Trinajstić information content (AvgIpc) is 2.45. The Kier molecular flexibility index (Phi) is 5.91. The molecular formula is C17H27ClN2O. The third-order valence-corrected chi connectivity index (χ3v) is 4.61. The van der Waals surface area contributed by atoms with Crippen LogP contribution in [0.25, 0.3) is 0 Å². The van der Waals surface area contributed by atoms with E-state index in [2.05, 4.69) is 43.2 Å². The van der Waals surface area contributed by atoms with Crippen molar-refractivity contribution in [2.75, 3.05) is 27.2 Å². The Labute approximate surface area is 133 Å². The monoisotopic (exact) mass is 310 g/mol. The van der Waals surface area contributed by atoms with Gasteiger partial charge in [-0.2, -0.15) is 0 Å². The molecule has 0 aliphatic carbocycles. The van der Waals surface area contributed by atoms with Crippen LogP contribution in [0.15, 0.2) is 18.2 Å². The molecule has 0 radical (unpaired) electrons. The molecule has 3 nitrogen and oxygen atoms in total. The van der Waals surface area contributed by atoms with Gasteiger partial charge in [0, 0.05) is 18.6 Å². The van der Waals surface area contributed by atoms with Gasteiger partial charge >= 0.3 is 0 Å². The number of ether oxygens (including phenoxy) is 1. The van der Waals surface area contributed by atoms with Crippen LogP contribution in [0, 0.1) is 5.92 Å². The topological polar surface area (TPSA) is 24.5 Å². The normalized spacial score (nSPS) is 23.5. The van der Waals surface area contributed by atoms with E-state index in [1.165, 1.54) is 18.4 Å². The number of hydrogen-bond donors (Lipinski definition) is 1. The van der Waals surface area contributed by atoms with Crippen molar-refractivity contribution >= 4 is 11.6 Å². The third kappa shape index (κ3) is 4.12. The number of halogens is 1. The van der Waals surface area contributed by atoms with Crippen LogP contribution in [0.4, 0.5) is 0 Å². The van der Waals surface area contributed by atoms with Crippen molar-refractivity contribution in [3.05, 3.63) is 28.8 Å². The Morgan fingerprint density at radius 2 is 2.19 bits per heavy atom. The van der Waals surface area contributed by atoms with Crippen molar-refractivity contribution in [3.8, 4) is 5.75 Å². The van der Waals surface area contributed by atoms with E-state index in [0.29, 0.717) is 23.0 Å². The lowest BCUT2D eigenvalue weighted by molar-refractivity contribution is 0.118. The van der Waals surface area contributed by atoms with Gasteiger partial charge in [-0.05, 0) is 50.0 Å². The van der Waals surface area contributed by atoms with Gasteiger partial charge < -0.3 is 10.1 Å². The summed E-state index contributed by atoms with van der Waals surface area (Å²) in [5.74, 6) is 1.37. The van der Waals surface area contributed by atoms with Crippen LogP contribution in [0.1, 0.15) is 38.3 Å². The molecule has 4 heteroatoms. The zero-order valence-electron chi connectivity index (χ0n) is 13.5. The van der Waals surface area contributed by atoms with E-state index in [0.717, 1.165) is 18.8 Å². The number of rotatable bonds is 5. The Morgan fingerprint density at radius 1 is 1.43 bits per heavy atom. The first-order valence-electron chi connectivity index (χ1n) is 7.80. The molecular weight excluding hydrogens is 284 g/mol. The first-order chi connectivity index (χ1) is 10.0. The van der Waals surface area contributed by atoms with Gasteiger partial charge in [-0.1, -0.05) is 31.5 Å². The molecule has 1 aliphatic heterocycles. The second kappa shape index (κ2) is 7.48. The second-order valence-electron chi connectivity index (χ2n) is 6.28. The van der Waals surface area contributed by atoms with Crippen LogP contribution in [0.5, 0.6) is 5.75 Å². The fourth-order valence-electron chi connectivity index (χ4n) is 3.25. The van der Waals surface area contributed by atoms with Gasteiger partial charge in [-0.25, -0.2) is 0 Å². The average molecular weight is 311 g/mol. The smallest absolute Gasteiger partial charge is 0.137 e. The largest absolute Gasteiger partial charge is 0.495 e. The second-order valence-corrected chi connectivity index (χ2v) is 6.69. The summed E-state index contributed by atoms with van der Waals surface area (Å²) in [6, 6.07) is 7.15. The molecule has 0 saturated carbocycles. The van der Waals surface area contributed by atoms with Crippen molar-refractivity contribution in [3.63, 3.8) is 0 Å². The molecule has 2 rings (SSSR count). The van der Waals surface area contributed by atoms with E-state index < -0.39 is 0 Å². The number of piperidine rings is 1. The maximum absolute atomic E-state index is 6.31. The minimum atomic E-state index is 0.424. The minimum Gasteiger partial charge on any atom is -0.495 e. The zero-order valence-corrected chi connectivity index (χ0v) is 14.3. The summed E-state index contributed by atoms with van der Waals surface area (Å²) in [6.07, 6.45) is 2.53. The molecule has 1 heterocycles. The van der Waals surface area contributed by atoms with Crippen molar-refractivity contribution in [1.29, 1.82) is 0 Å². The van der Waals surface area contributed by atoms with E-state index in [1.807, 2.05) is 6.07 Å². The Bertz CT molecular complexity index is 464. The van der Waals surface area contributed by atoms with E-state index in [-0.39, 0.29) is 0 Å². The van der Waals surface area contributed by atoms with Crippen molar-refractivity contribution < 1.29 is 4.74 Å². The van der Waals surface area contributed by atoms with Crippen LogP contribution in [0.3, 0.4) is 0 Å². The number of nitrogens with one attached hydrogen (secondary N) is 1. The molecule has 1 aromatic rings. The number of hydrogen-bond acceptors (Lipinski definition) is 3. The lowest BCUT2D eigenvalue weighted by Crippen LogP contribution is -2.41. The molecule has 0 bridgehead atoms. The van der Waals surface area contributed by atoms with Gasteiger partial charge in [0.25, 0.3) is 0 Å². The number of likely N-dealkylation sites (tertiary alicyclic amines) is 1. The number of methoxy groups -OCH3 is 1. The summed E-state index contributed by atoms with van der Waals surface area (Å²) >= 11 is 6.31. The highest BCUT2D eigenvalue weighted by atomic mass is 35.5. The summed E-state index contributed by atoms with van der Waals surface area (Å²) < 4.78 is 5.26. The summed E-state index contributed by atoms with van der Waals surface area (Å²) in [5, 5.41) is 4.29. The van der Waals surface area contributed by atoms with E-state index in [1.54, 1.807) is 7.11 Å². The van der Waals surface area contributed by atoms with Gasteiger partial charge in [0.15, 0.2) is 0 Å². The maximum atomic E-state index is 6.31. The number of benzene rings is 1.